The normalized spacial score (nSPS) is 10.4. The van der Waals surface area contributed by atoms with Gasteiger partial charge in [0, 0.05) is 27.2 Å². The van der Waals surface area contributed by atoms with Gasteiger partial charge in [-0.25, -0.2) is 4.39 Å². The van der Waals surface area contributed by atoms with E-state index in [0.29, 0.717) is 16.1 Å². The smallest absolute Gasteiger partial charge is 0.251 e. The Morgan fingerprint density at radius 2 is 2.05 bits per heavy atom. The van der Waals surface area contributed by atoms with Crippen molar-refractivity contribution in [2.24, 2.45) is 0 Å². The van der Waals surface area contributed by atoms with Gasteiger partial charge in [0.15, 0.2) is 0 Å². The minimum absolute atomic E-state index is 0.121. The lowest BCUT2D eigenvalue weighted by Crippen LogP contribution is -2.23. The molecule has 2 aromatic carbocycles. The number of aryl methyl sites for hydroxylation is 1. The van der Waals surface area contributed by atoms with Crippen LogP contribution in [0.4, 0.5) is 4.39 Å². The van der Waals surface area contributed by atoms with E-state index in [1.807, 2.05) is 6.92 Å². The van der Waals surface area contributed by atoms with Crippen molar-refractivity contribution < 1.29 is 9.18 Å². The predicted molar refractivity (Wildman–Crippen MR) is 81.5 cm³/mol. The molecule has 2 aromatic rings. The summed E-state index contributed by atoms with van der Waals surface area (Å²) in [4.78, 5) is 12.0. The molecular formula is C15H12BrClFNO. The number of halogens is 3. The third kappa shape index (κ3) is 3.81. The summed E-state index contributed by atoms with van der Waals surface area (Å²) in [6, 6.07) is 9.70. The number of benzene rings is 2. The van der Waals surface area contributed by atoms with Crippen LogP contribution < -0.4 is 5.32 Å². The van der Waals surface area contributed by atoms with E-state index in [2.05, 4.69) is 21.2 Å². The number of amides is 1. The van der Waals surface area contributed by atoms with E-state index in [-0.39, 0.29) is 18.3 Å². The summed E-state index contributed by atoms with van der Waals surface area (Å²) in [5.41, 5.74) is 1.79. The Labute approximate surface area is 130 Å². The van der Waals surface area contributed by atoms with E-state index in [4.69, 9.17) is 11.6 Å². The molecule has 0 saturated heterocycles. The third-order valence-corrected chi connectivity index (χ3v) is 3.46. The van der Waals surface area contributed by atoms with Crippen LogP contribution in [-0.2, 0) is 6.54 Å². The molecule has 0 aromatic heterocycles. The first-order chi connectivity index (χ1) is 9.45. The van der Waals surface area contributed by atoms with Gasteiger partial charge < -0.3 is 5.32 Å². The predicted octanol–water partition coefficient (Wildman–Crippen LogP) is 4.48. The molecule has 2 rings (SSSR count). The highest BCUT2D eigenvalue weighted by Gasteiger charge is 2.09. The summed E-state index contributed by atoms with van der Waals surface area (Å²) < 4.78 is 14.3. The lowest BCUT2D eigenvalue weighted by atomic mass is 10.1. The second-order valence-electron chi connectivity index (χ2n) is 4.44. The van der Waals surface area contributed by atoms with E-state index in [9.17, 15) is 9.18 Å². The molecule has 0 atom stereocenters. The van der Waals surface area contributed by atoms with E-state index in [1.165, 1.54) is 6.07 Å². The van der Waals surface area contributed by atoms with Crippen LogP contribution in [0, 0.1) is 12.7 Å². The van der Waals surface area contributed by atoms with E-state index in [0.717, 1.165) is 10.0 Å². The lowest BCUT2D eigenvalue weighted by Gasteiger charge is -2.08. The largest absolute Gasteiger partial charge is 0.348 e. The molecule has 0 heterocycles. The van der Waals surface area contributed by atoms with Gasteiger partial charge in [-0.3, -0.25) is 4.79 Å². The molecule has 0 aliphatic rings. The van der Waals surface area contributed by atoms with Gasteiger partial charge in [0.25, 0.3) is 5.91 Å². The number of carbonyl (C=O) groups is 1. The molecule has 0 radical (unpaired) electrons. The van der Waals surface area contributed by atoms with Gasteiger partial charge >= 0.3 is 0 Å². The summed E-state index contributed by atoms with van der Waals surface area (Å²) in [7, 11) is 0. The van der Waals surface area contributed by atoms with Gasteiger partial charge in [-0.2, -0.15) is 0 Å². The van der Waals surface area contributed by atoms with Crippen molar-refractivity contribution in [3.05, 3.63) is 68.4 Å². The van der Waals surface area contributed by atoms with Crippen LogP contribution >= 0.6 is 27.5 Å². The van der Waals surface area contributed by atoms with Crippen LogP contribution in [0.25, 0.3) is 0 Å². The van der Waals surface area contributed by atoms with Crippen LogP contribution in [0.2, 0.25) is 5.02 Å². The fourth-order valence-corrected chi connectivity index (χ4v) is 2.52. The topological polar surface area (TPSA) is 29.1 Å². The molecular weight excluding hydrogens is 345 g/mol. The van der Waals surface area contributed by atoms with Crippen molar-refractivity contribution in [1.29, 1.82) is 0 Å². The van der Waals surface area contributed by atoms with E-state index >= 15 is 0 Å². The number of rotatable bonds is 3. The summed E-state index contributed by atoms with van der Waals surface area (Å²) in [6.07, 6.45) is 0. The molecule has 0 saturated carbocycles. The molecule has 2 nitrogen and oxygen atoms in total. The number of nitrogens with one attached hydrogen (secondary N) is 1. The van der Waals surface area contributed by atoms with Crippen molar-refractivity contribution in [3.8, 4) is 0 Å². The average Bonchev–Trinajstić information content (AvgIpc) is 2.38. The molecule has 1 N–H and O–H groups in total. The fourth-order valence-electron chi connectivity index (χ4n) is 1.82. The first kappa shape index (κ1) is 15.0. The number of carbonyl (C=O) groups excluding carboxylic acids is 1. The Bertz CT molecular complexity index is 640. The SMILES string of the molecule is Cc1cc(Cl)cc(C(=O)NCc2cc(Br)ccc2F)c1. The van der Waals surface area contributed by atoms with Gasteiger partial charge in [0.05, 0.1) is 0 Å². The standard InChI is InChI=1S/C15H12BrClFNO/c1-9-4-10(7-13(17)5-9)15(20)19-8-11-6-12(16)2-3-14(11)18/h2-7H,8H2,1H3,(H,19,20). The molecule has 0 aliphatic carbocycles. The first-order valence-electron chi connectivity index (χ1n) is 5.95. The maximum atomic E-state index is 13.6. The first-order valence-corrected chi connectivity index (χ1v) is 7.12. The van der Waals surface area contributed by atoms with Gasteiger partial charge in [-0.05, 0) is 48.9 Å². The summed E-state index contributed by atoms with van der Waals surface area (Å²) in [5.74, 6) is -0.634. The monoisotopic (exact) mass is 355 g/mol. The maximum Gasteiger partial charge on any atom is 0.251 e. The van der Waals surface area contributed by atoms with Crippen molar-refractivity contribution in [2.45, 2.75) is 13.5 Å². The lowest BCUT2D eigenvalue weighted by molar-refractivity contribution is 0.0950. The summed E-state index contributed by atoms with van der Waals surface area (Å²) >= 11 is 9.18. The third-order valence-electron chi connectivity index (χ3n) is 2.75. The second kappa shape index (κ2) is 6.37. The van der Waals surface area contributed by atoms with Crippen molar-refractivity contribution in [3.63, 3.8) is 0 Å². The zero-order valence-electron chi connectivity index (χ0n) is 10.7. The van der Waals surface area contributed by atoms with Crippen molar-refractivity contribution in [1.82, 2.24) is 5.32 Å². The van der Waals surface area contributed by atoms with Crippen LogP contribution in [-0.4, -0.2) is 5.91 Å². The molecule has 0 fully saturated rings. The van der Waals surface area contributed by atoms with Gasteiger partial charge in [-0.15, -0.1) is 0 Å². The van der Waals surface area contributed by atoms with Gasteiger partial charge in [0.2, 0.25) is 0 Å². The molecule has 20 heavy (non-hydrogen) atoms. The molecule has 1 amide bonds. The molecule has 104 valence electrons. The minimum atomic E-state index is -0.351. The minimum Gasteiger partial charge on any atom is -0.348 e. The van der Waals surface area contributed by atoms with Crippen molar-refractivity contribution in [2.75, 3.05) is 0 Å². The van der Waals surface area contributed by atoms with Crippen LogP contribution in [0.5, 0.6) is 0 Å². The molecule has 0 aliphatic heterocycles. The zero-order chi connectivity index (χ0) is 14.7. The number of hydrogen-bond acceptors (Lipinski definition) is 1. The Kier molecular flexibility index (Phi) is 4.78. The molecule has 0 bridgehead atoms. The Balaban J connectivity index is 2.10. The van der Waals surface area contributed by atoms with Crippen LogP contribution in [0.1, 0.15) is 21.5 Å². The van der Waals surface area contributed by atoms with Crippen LogP contribution in [0.15, 0.2) is 40.9 Å². The van der Waals surface area contributed by atoms with Gasteiger partial charge in [0.1, 0.15) is 5.82 Å². The van der Waals surface area contributed by atoms with E-state index in [1.54, 1.807) is 30.3 Å². The highest BCUT2D eigenvalue weighted by Crippen LogP contribution is 2.17. The fraction of sp³-hybridized carbons (Fsp3) is 0.133. The van der Waals surface area contributed by atoms with Crippen molar-refractivity contribution >= 4 is 33.4 Å². The summed E-state index contributed by atoms with van der Waals surface area (Å²) in [6.45, 7) is 1.98. The average molecular weight is 357 g/mol. The zero-order valence-corrected chi connectivity index (χ0v) is 13.1. The maximum absolute atomic E-state index is 13.6. The highest BCUT2D eigenvalue weighted by atomic mass is 79.9. The number of hydrogen-bond donors (Lipinski definition) is 1. The van der Waals surface area contributed by atoms with Crippen LogP contribution in [0.3, 0.4) is 0 Å². The second-order valence-corrected chi connectivity index (χ2v) is 5.79. The Hall–Kier alpha value is -1.39. The molecule has 0 unspecified atom stereocenters. The van der Waals surface area contributed by atoms with E-state index < -0.39 is 0 Å². The van der Waals surface area contributed by atoms with Gasteiger partial charge in [-0.1, -0.05) is 27.5 Å². The quantitative estimate of drug-likeness (QED) is 0.863. The Morgan fingerprint density at radius 3 is 2.75 bits per heavy atom. The Morgan fingerprint density at radius 1 is 1.30 bits per heavy atom. The molecule has 0 spiro atoms. The summed E-state index contributed by atoms with van der Waals surface area (Å²) in [5, 5.41) is 3.18. The highest BCUT2D eigenvalue weighted by molar-refractivity contribution is 9.10. The molecule has 5 heteroatoms.